The number of anilines is 1. The molecule has 0 aromatic carbocycles. The zero-order chi connectivity index (χ0) is 21.6. The van der Waals surface area contributed by atoms with E-state index in [0.717, 1.165) is 12.8 Å². The van der Waals surface area contributed by atoms with E-state index in [9.17, 15) is 9.90 Å². The third-order valence-electron chi connectivity index (χ3n) is 5.90. The molecule has 2 N–H and O–H groups in total. The van der Waals surface area contributed by atoms with Crippen molar-refractivity contribution in [1.29, 1.82) is 0 Å². The van der Waals surface area contributed by atoms with Crippen LogP contribution in [0.25, 0.3) is 22.7 Å². The number of carbonyl (C=O) groups is 1. The van der Waals surface area contributed by atoms with Crippen molar-refractivity contribution in [1.82, 2.24) is 24.5 Å². The molecule has 0 saturated heterocycles. The molecule has 158 valence electrons. The topological polar surface area (TPSA) is 106 Å². The zero-order valence-corrected chi connectivity index (χ0v) is 17.5. The highest BCUT2D eigenvalue weighted by molar-refractivity contribution is 5.92. The fourth-order valence-electron chi connectivity index (χ4n) is 3.85. The quantitative estimate of drug-likeness (QED) is 0.630. The Morgan fingerprint density at radius 1 is 1.27 bits per heavy atom. The van der Waals surface area contributed by atoms with E-state index in [1.54, 1.807) is 23.9 Å². The number of aromatic carboxylic acids is 1. The van der Waals surface area contributed by atoms with Crippen molar-refractivity contribution in [2.45, 2.75) is 52.0 Å². The van der Waals surface area contributed by atoms with E-state index >= 15 is 4.39 Å². The number of imidazole rings is 1. The predicted molar refractivity (Wildman–Crippen MR) is 111 cm³/mol. The molecule has 0 radical (unpaired) electrons. The minimum absolute atomic E-state index is 0.0135. The highest BCUT2D eigenvalue weighted by Crippen LogP contribution is 2.33. The van der Waals surface area contributed by atoms with Crippen LogP contribution in [0.5, 0.6) is 0 Å². The first-order valence-corrected chi connectivity index (χ1v) is 10.2. The Morgan fingerprint density at radius 2 is 2.00 bits per heavy atom. The molecule has 8 nitrogen and oxygen atoms in total. The van der Waals surface area contributed by atoms with Crippen molar-refractivity contribution in [2.75, 3.05) is 5.32 Å². The molecular weight excluding hydrogens is 387 g/mol. The van der Waals surface area contributed by atoms with Gasteiger partial charge in [0.1, 0.15) is 11.2 Å². The molecule has 0 unspecified atom stereocenters. The van der Waals surface area contributed by atoms with Gasteiger partial charge in [-0.1, -0.05) is 20.3 Å². The molecule has 1 atom stereocenters. The molecule has 3 heterocycles. The summed E-state index contributed by atoms with van der Waals surface area (Å²) >= 11 is 0. The minimum Gasteiger partial charge on any atom is -0.475 e. The molecule has 1 aliphatic carbocycles. The maximum Gasteiger partial charge on any atom is 0.374 e. The second-order valence-electron chi connectivity index (χ2n) is 8.21. The summed E-state index contributed by atoms with van der Waals surface area (Å²) in [5, 5.41) is 12.8. The van der Waals surface area contributed by atoms with E-state index in [4.69, 9.17) is 0 Å². The lowest BCUT2D eigenvalue weighted by Gasteiger charge is -2.32. The SMILES string of the molecule is CC(C)c1ccnc(-c2nc3nc(C(=O)O)nc(N[C@H](C)C4CCC4)c3n2C)c1F. The van der Waals surface area contributed by atoms with Crippen LogP contribution in [0, 0.1) is 11.7 Å². The van der Waals surface area contributed by atoms with Gasteiger partial charge in [0.05, 0.1) is 0 Å². The molecule has 1 aliphatic rings. The molecule has 0 aliphatic heterocycles. The number of hydrogen-bond donors (Lipinski definition) is 2. The van der Waals surface area contributed by atoms with E-state index in [1.165, 1.54) is 6.42 Å². The summed E-state index contributed by atoms with van der Waals surface area (Å²) in [4.78, 5) is 28.5. The number of nitrogens with zero attached hydrogens (tertiary/aromatic N) is 5. The average molecular weight is 412 g/mol. The Kier molecular flexibility index (Phi) is 5.13. The zero-order valence-electron chi connectivity index (χ0n) is 17.5. The Bertz CT molecular complexity index is 1120. The maximum atomic E-state index is 15.1. The molecule has 3 aromatic heterocycles. The van der Waals surface area contributed by atoms with E-state index in [-0.39, 0.29) is 34.9 Å². The van der Waals surface area contributed by atoms with Crippen molar-refractivity contribution in [3.63, 3.8) is 0 Å². The van der Waals surface area contributed by atoms with Crippen LogP contribution < -0.4 is 5.32 Å². The molecule has 0 bridgehead atoms. The Balaban J connectivity index is 1.88. The lowest BCUT2D eigenvalue weighted by Crippen LogP contribution is -2.31. The Hall–Kier alpha value is -3.10. The van der Waals surface area contributed by atoms with Crippen molar-refractivity contribution in [2.24, 2.45) is 13.0 Å². The number of rotatable bonds is 6. The summed E-state index contributed by atoms with van der Waals surface area (Å²) in [5.41, 5.74) is 1.37. The molecule has 1 fully saturated rings. The van der Waals surface area contributed by atoms with E-state index < -0.39 is 11.8 Å². The summed E-state index contributed by atoms with van der Waals surface area (Å²) < 4.78 is 16.8. The second kappa shape index (κ2) is 7.62. The van der Waals surface area contributed by atoms with Gasteiger partial charge in [-0.3, -0.25) is 0 Å². The van der Waals surface area contributed by atoms with Gasteiger partial charge in [0.25, 0.3) is 0 Å². The standard InChI is InChI=1S/C21H25FN6O2/c1-10(2)13-8-9-23-15(14(13)22)20-27-18-16(28(20)4)17(25-19(26-18)21(29)30)24-11(3)12-6-5-7-12/h8-12H,5-7H2,1-4H3,(H,29,30)(H,24,25,26)/t11-/m1/s1. The van der Waals surface area contributed by atoms with Gasteiger partial charge in [0.15, 0.2) is 23.1 Å². The molecule has 1 saturated carbocycles. The number of carboxylic acids is 1. The van der Waals surface area contributed by atoms with Crippen molar-refractivity contribution >= 4 is 23.0 Å². The number of aromatic nitrogens is 5. The maximum absolute atomic E-state index is 15.1. The molecule has 4 rings (SSSR count). The summed E-state index contributed by atoms with van der Waals surface area (Å²) in [7, 11) is 1.73. The Morgan fingerprint density at radius 3 is 2.60 bits per heavy atom. The van der Waals surface area contributed by atoms with E-state index in [1.807, 2.05) is 13.8 Å². The van der Waals surface area contributed by atoms with Gasteiger partial charge in [-0.2, -0.15) is 0 Å². The highest BCUT2D eigenvalue weighted by Gasteiger charge is 2.27. The molecule has 0 spiro atoms. The van der Waals surface area contributed by atoms with Gasteiger partial charge in [0.2, 0.25) is 5.82 Å². The summed E-state index contributed by atoms with van der Waals surface area (Å²) in [5.74, 6) is -0.859. The first-order valence-electron chi connectivity index (χ1n) is 10.2. The summed E-state index contributed by atoms with van der Waals surface area (Å²) in [6, 6.07) is 1.78. The van der Waals surface area contributed by atoms with Crippen molar-refractivity contribution in [3.05, 3.63) is 29.5 Å². The van der Waals surface area contributed by atoms with Gasteiger partial charge in [-0.15, -0.1) is 0 Å². The van der Waals surface area contributed by atoms with Gasteiger partial charge in [-0.05, 0) is 43.2 Å². The third-order valence-corrected chi connectivity index (χ3v) is 5.90. The fourth-order valence-corrected chi connectivity index (χ4v) is 3.85. The molecule has 9 heteroatoms. The Labute approximate surface area is 173 Å². The fraction of sp³-hybridized carbons (Fsp3) is 0.476. The number of nitrogens with one attached hydrogen (secondary N) is 1. The summed E-state index contributed by atoms with van der Waals surface area (Å²) in [6.45, 7) is 5.88. The van der Waals surface area contributed by atoms with Crippen molar-refractivity contribution < 1.29 is 14.3 Å². The number of pyridine rings is 1. The van der Waals surface area contributed by atoms with Crippen LogP contribution >= 0.6 is 0 Å². The van der Waals surface area contributed by atoms with Gasteiger partial charge < -0.3 is 15.0 Å². The minimum atomic E-state index is -1.24. The van der Waals surface area contributed by atoms with Crippen LogP contribution in [0.2, 0.25) is 0 Å². The van der Waals surface area contributed by atoms with Gasteiger partial charge in [-0.25, -0.2) is 29.1 Å². The smallest absolute Gasteiger partial charge is 0.374 e. The molecule has 3 aromatic rings. The number of halogens is 1. The second-order valence-corrected chi connectivity index (χ2v) is 8.21. The van der Waals surface area contributed by atoms with Crippen LogP contribution in [-0.4, -0.2) is 41.6 Å². The van der Waals surface area contributed by atoms with E-state index in [2.05, 4.69) is 32.2 Å². The molecule has 30 heavy (non-hydrogen) atoms. The number of hydrogen-bond acceptors (Lipinski definition) is 6. The first-order chi connectivity index (χ1) is 14.3. The summed E-state index contributed by atoms with van der Waals surface area (Å²) in [6.07, 6.45) is 5.01. The van der Waals surface area contributed by atoms with Crippen LogP contribution in [0.4, 0.5) is 10.2 Å². The normalized spacial score (nSPS) is 15.4. The van der Waals surface area contributed by atoms with Crippen LogP contribution in [0.15, 0.2) is 12.3 Å². The number of aryl methyl sites for hydroxylation is 1. The number of carboxylic acid groups (broad SMARTS) is 1. The molecular formula is C21H25FN6O2. The predicted octanol–water partition coefficient (Wildman–Crippen LogP) is 3.99. The van der Waals surface area contributed by atoms with Crippen LogP contribution in [0.3, 0.4) is 0 Å². The van der Waals surface area contributed by atoms with Crippen LogP contribution in [-0.2, 0) is 7.05 Å². The molecule has 0 amide bonds. The van der Waals surface area contributed by atoms with Gasteiger partial charge >= 0.3 is 5.97 Å². The average Bonchev–Trinajstić information content (AvgIpc) is 2.96. The monoisotopic (exact) mass is 412 g/mol. The lowest BCUT2D eigenvalue weighted by atomic mass is 9.80. The first kappa shape index (κ1) is 20.2. The highest BCUT2D eigenvalue weighted by atomic mass is 19.1. The third kappa shape index (κ3) is 3.38. The number of fused-ring (bicyclic) bond motifs is 1. The van der Waals surface area contributed by atoms with Crippen molar-refractivity contribution in [3.8, 4) is 11.5 Å². The largest absolute Gasteiger partial charge is 0.475 e. The van der Waals surface area contributed by atoms with Crippen LogP contribution in [0.1, 0.15) is 62.1 Å². The van der Waals surface area contributed by atoms with Gasteiger partial charge in [0, 0.05) is 19.3 Å². The van der Waals surface area contributed by atoms with E-state index in [0.29, 0.717) is 22.8 Å². The lowest BCUT2D eigenvalue weighted by molar-refractivity contribution is 0.0684.